The predicted molar refractivity (Wildman–Crippen MR) is 93.3 cm³/mol. The van der Waals surface area contributed by atoms with Gasteiger partial charge in [-0.15, -0.1) is 0 Å². The Bertz CT molecular complexity index is 369. The van der Waals surface area contributed by atoms with Crippen molar-refractivity contribution in [3.05, 3.63) is 0 Å². The number of β-amino-alcohol motifs (C(OH)–C–C–N with tert-alkyl or cyclic N) is 1. The van der Waals surface area contributed by atoms with Gasteiger partial charge in [-0.1, -0.05) is 13.8 Å². The van der Waals surface area contributed by atoms with Crippen molar-refractivity contribution in [3.63, 3.8) is 0 Å². The number of amides is 1. The molecule has 2 rings (SSSR count). The molecule has 2 N–H and O–H groups in total. The van der Waals surface area contributed by atoms with Gasteiger partial charge in [0, 0.05) is 38.6 Å². The number of hydrogen-bond acceptors (Lipinski definition) is 4. The van der Waals surface area contributed by atoms with Gasteiger partial charge in [0.15, 0.2) is 0 Å². The van der Waals surface area contributed by atoms with E-state index in [4.69, 9.17) is 0 Å². The van der Waals surface area contributed by atoms with Crippen LogP contribution in [-0.4, -0.2) is 72.2 Å². The van der Waals surface area contributed by atoms with Crippen LogP contribution in [0.2, 0.25) is 0 Å². The molecule has 2 aliphatic rings. The molecule has 3 atom stereocenters. The number of hydrogen-bond donors (Lipinski definition) is 2. The van der Waals surface area contributed by atoms with Gasteiger partial charge < -0.3 is 15.3 Å². The number of piperidine rings is 1. The number of nitrogens with zero attached hydrogens (tertiary/aromatic N) is 2. The topological polar surface area (TPSA) is 55.8 Å². The van der Waals surface area contributed by atoms with Crippen molar-refractivity contribution < 1.29 is 9.90 Å². The smallest absolute Gasteiger partial charge is 0.222 e. The van der Waals surface area contributed by atoms with Gasteiger partial charge >= 0.3 is 0 Å². The van der Waals surface area contributed by atoms with Crippen LogP contribution in [0.25, 0.3) is 0 Å². The number of piperazine rings is 1. The number of aliphatic hydroxyl groups is 1. The van der Waals surface area contributed by atoms with E-state index in [1.807, 2.05) is 6.92 Å². The van der Waals surface area contributed by atoms with Gasteiger partial charge in [0.1, 0.15) is 0 Å². The lowest BCUT2D eigenvalue weighted by Gasteiger charge is -2.42. The highest BCUT2D eigenvalue weighted by Gasteiger charge is 2.30. The summed E-state index contributed by atoms with van der Waals surface area (Å²) < 4.78 is 0. The molecule has 0 spiro atoms. The monoisotopic (exact) mass is 325 g/mol. The predicted octanol–water partition coefficient (Wildman–Crippen LogP) is 1.32. The van der Waals surface area contributed by atoms with Crippen LogP contribution in [0.1, 0.15) is 46.5 Å². The van der Waals surface area contributed by atoms with Crippen LogP contribution in [0.5, 0.6) is 0 Å². The summed E-state index contributed by atoms with van der Waals surface area (Å²) in [6, 6.07) is 0.386. The van der Waals surface area contributed by atoms with Crippen LogP contribution >= 0.6 is 0 Å². The minimum absolute atomic E-state index is 0.300. The molecule has 3 unspecified atom stereocenters. The molecular formula is C18H35N3O2. The molecule has 0 aliphatic carbocycles. The quantitative estimate of drug-likeness (QED) is 0.773. The largest absolute Gasteiger partial charge is 0.392 e. The van der Waals surface area contributed by atoms with E-state index in [0.29, 0.717) is 36.8 Å². The second-order valence-electron chi connectivity index (χ2n) is 7.51. The van der Waals surface area contributed by atoms with Crippen LogP contribution in [0.15, 0.2) is 0 Å². The number of aliphatic hydroxyl groups excluding tert-OH is 1. The number of nitrogens with one attached hydrogen (secondary N) is 1. The van der Waals surface area contributed by atoms with Gasteiger partial charge in [-0.05, 0) is 51.1 Å². The van der Waals surface area contributed by atoms with Crippen molar-refractivity contribution >= 4 is 5.91 Å². The van der Waals surface area contributed by atoms with Gasteiger partial charge in [0.2, 0.25) is 5.91 Å². The minimum atomic E-state index is -0.300. The summed E-state index contributed by atoms with van der Waals surface area (Å²) in [6.07, 6.45) is 3.83. The van der Waals surface area contributed by atoms with Crippen molar-refractivity contribution in [3.8, 4) is 0 Å². The fraction of sp³-hybridized carbons (Fsp3) is 0.944. The first-order chi connectivity index (χ1) is 11.0. The Kier molecular flexibility index (Phi) is 7.31. The van der Waals surface area contributed by atoms with E-state index in [-0.39, 0.29) is 6.10 Å². The fourth-order valence-electron chi connectivity index (χ4n) is 4.07. The first-order valence-corrected chi connectivity index (χ1v) is 9.41. The normalized spacial score (nSPS) is 27.0. The Morgan fingerprint density at radius 1 is 1.26 bits per heavy atom. The Morgan fingerprint density at radius 3 is 2.57 bits per heavy atom. The maximum Gasteiger partial charge on any atom is 0.222 e. The van der Waals surface area contributed by atoms with Crippen molar-refractivity contribution in [2.45, 2.75) is 58.6 Å². The molecule has 2 aliphatic heterocycles. The molecule has 5 heteroatoms. The molecule has 2 heterocycles. The number of carbonyl (C=O) groups excluding carboxylic acids is 1. The molecular weight excluding hydrogens is 290 g/mol. The maximum absolute atomic E-state index is 12.7. The Hall–Kier alpha value is -0.650. The van der Waals surface area contributed by atoms with E-state index in [1.165, 1.54) is 12.8 Å². The molecule has 0 aromatic rings. The number of rotatable bonds is 6. The molecule has 0 radical (unpaired) electrons. The zero-order chi connectivity index (χ0) is 16.8. The van der Waals surface area contributed by atoms with Gasteiger partial charge in [0.05, 0.1) is 6.10 Å². The highest BCUT2D eigenvalue weighted by molar-refractivity contribution is 5.76. The summed E-state index contributed by atoms with van der Waals surface area (Å²) in [4.78, 5) is 17.1. The summed E-state index contributed by atoms with van der Waals surface area (Å²) in [5.74, 6) is 1.50. The summed E-state index contributed by atoms with van der Waals surface area (Å²) in [7, 11) is 0. The van der Waals surface area contributed by atoms with Crippen molar-refractivity contribution in [1.82, 2.24) is 15.1 Å². The Morgan fingerprint density at radius 2 is 1.96 bits per heavy atom. The lowest BCUT2D eigenvalue weighted by atomic mass is 9.84. The molecule has 134 valence electrons. The first-order valence-electron chi connectivity index (χ1n) is 9.41. The minimum Gasteiger partial charge on any atom is -0.392 e. The summed E-state index contributed by atoms with van der Waals surface area (Å²) in [6.45, 7) is 11.7. The van der Waals surface area contributed by atoms with Crippen molar-refractivity contribution in [2.24, 2.45) is 11.8 Å². The summed E-state index contributed by atoms with van der Waals surface area (Å²) in [5.41, 5.74) is 0. The zero-order valence-corrected chi connectivity index (χ0v) is 15.1. The van der Waals surface area contributed by atoms with Crippen LogP contribution in [-0.2, 0) is 4.79 Å². The third-order valence-electron chi connectivity index (χ3n) is 5.61. The average molecular weight is 325 g/mol. The molecule has 2 fully saturated rings. The molecule has 5 nitrogen and oxygen atoms in total. The van der Waals surface area contributed by atoms with E-state index < -0.39 is 0 Å². The third kappa shape index (κ3) is 5.44. The van der Waals surface area contributed by atoms with Crippen LogP contribution < -0.4 is 5.32 Å². The van der Waals surface area contributed by atoms with Crippen LogP contribution in [0.3, 0.4) is 0 Å². The zero-order valence-electron chi connectivity index (χ0n) is 15.1. The molecule has 0 bridgehead atoms. The van der Waals surface area contributed by atoms with Gasteiger partial charge in [0.25, 0.3) is 0 Å². The van der Waals surface area contributed by atoms with E-state index >= 15 is 0 Å². The lowest BCUT2D eigenvalue weighted by Crippen LogP contribution is -2.56. The van der Waals surface area contributed by atoms with Crippen molar-refractivity contribution in [1.29, 1.82) is 0 Å². The average Bonchev–Trinajstić information content (AvgIpc) is 2.55. The van der Waals surface area contributed by atoms with E-state index in [2.05, 4.69) is 29.0 Å². The Balaban J connectivity index is 1.83. The molecule has 23 heavy (non-hydrogen) atoms. The van der Waals surface area contributed by atoms with Crippen LogP contribution in [0.4, 0.5) is 0 Å². The molecule has 0 aromatic heterocycles. The second kappa shape index (κ2) is 9.00. The highest BCUT2D eigenvalue weighted by Crippen LogP contribution is 2.25. The van der Waals surface area contributed by atoms with E-state index in [9.17, 15) is 9.90 Å². The highest BCUT2D eigenvalue weighted by atomic mass is 16.3. The van der Waals surface area contributed by atoms with E-state index in [0.717, 1.165) is 39.1 Å². The Labute approximate surface area is 141 Å². The number of carbonyl (C=O) groups is 1. The molecule has 1 amide bonds. The standard InChI is InChI=1S/C18H35N3O2/c1-4-17-13-21(10-9-20(17)12-15(3)22)18(23)11-14(2)16-5-7-19-8-6-16/h14-17,19,22H,4-13H2,1-3H3. The van der Waals surface area contributed by atoms with Crippen LogP contribution in [0, 0.1) is 11.8 Å². The van der Waals surface area contributed by atoms with Gasteiger partial charge in [-0.3, -0.25) is 9.69 Å². The SMILES string of the molecule is CCC1CN(C(=O)CC(C)C2CCNCC2)CCN1CC(C)O. The lowest BCUT2D eigenvalue weighted by molar-refractivity contribution is -0.136. The third-order valence-corrected chi connectivity index (χ3v) is 5.61. The first kappa shape index (κ1) is 18.7. The van der Waals surface area contributed by atoms with Gasteiger partial charge in [-0.2, -0.15) is 0 Å². The molecule has 0 saturated carbocycles. The summed E-state index contributed by atoms with van der Waals surface area (Å²) >= 11 is 0. The van der Waals surface area contributed by atoms with Crippen molar-refractivity contribution in [2.75, 3.05) is 39.3 Å². The summed E-state index contributed by atoms with van der Waals surface area (Å²) in [5, 5.41) is 13.0. The maximum atomic E-state index is 12.7. The second-order valence-corrected chi connectivity index (χ2v) is 7.51. The molecule has 0 aromatic carbocycles. The van der Waals surface area contributed by atoms with E-state index in [1.54, 1.807) is 0 Å². The fourth-order valence-corrected chi connectivity index (χ4v) is 4.07. The van der Waals surface area contributed by atoms with Gasteiger partial charge in [-0.25, -0.2) is 0 Å². The molecule has 2 saturated heterocycles.